The molecule has 76 valence electrons. The quantitative estimate of drug-likeness (QED) is 0.720. The summed E-state index contributed by atoms with van der Waals surface area (Å²) in [7, 11) is 1.60. The molecule has 0 aromatic heterocycles. The third kappa shape index (κ3) is 2.30. The number of hydrogen-bond acceptors (Lipinski definition) is 3. The summed E-state index contributed by atoms with van der Waals surface area (Å²) >= 11 is 5.84. The smallest absolute Gasteiger partial charge is 0.162 e. The van der Waals surface area contributed by atoms with E-state index in [1.165, 1.54) is 0 Å². The normalized spacial score (nSPS) is 19.1. The molecule has 0 saturated carbocycles. The Hall–Kier alpha value is -0.930. The molecular formula is C10H11ClO3. The average Bonchev–Trinajstić information content (AvgIpc) is 2.98. The van der Waals surface area contributed by atoms with Gasteiger partial charge in [-0.15, -0.1) is 0 Å². The molecule has 0 bridgehead atoms. The van der Waals surface area contributed by atoms with Crippen LogP contribution < -0.4 is 9.47 Å². The summed E-state index contributed by atoms with van der Waals surface area (Å²) in [6.07, 6.45) is 0.235. The number of benzene rings is 1. The van der Waals surface area contributed by atoms with Crippen LogP contribution in [0.25, 0.3) is 0 Å². The molecule has 4 heteroatoms. The van der Waals surface area contributed by atoms with Crippen LogP contribution in [0.15, 0.2) is 18.2 Å². The van der Waals surface area contributed by atoms with E-state index in [2.05, 4.69) is 0 Å². The maximum Gasteiger partial charge on any atom is 0.162 e. The van der Waals surface area contributed by atoms with E-state index in [-0.39, 0.29) is 6.10 Å². The molecule has 3 nitrogen and oxygen atoms in total. The number of ether oxygens (including phenoxy) is 3. The Labute approximate surface area is 87.5 Å². The molecule has 0 amide bonds. The van der Waals surface area contributed by atoms with Crippen molar-refractivity contribution >= 4 is 11.6 Å². The fourth-order valence-electron chi connectivity index (χ4n) is 1.11. The zero-order valence-electron chi connectivity index (χ0n) is 7.83. The van der Waals surface area contributed by atoms with Crippen molar-refractivity contribution in [3.63, 3.8) is 0 Å². The molecule has 1 fully saturated rings. The summed E-state index contributed by atoms with van der Waals surface area (Å²) in [6, 6.07) is 5.29. The monoisotopic (exact) mass is 214 g/mol. The summed E-state index contributed by atoms with van der Waals surface area (Å²) in [6.45, 7) is 1.33. The summed E-state index contributed by atoms with van der Waals surface area (Å²) < 4.78 is 15.7. The topological polar surface area (TPSA) is 31.0 Å². The first kappa shape index (κ1) is 9.62. The van der Waals surface area contributed by atoms with E-state index in [1.807, 2.05) is 0 Å². The Bertz CT molecular complexity index is 323. The number of hydrogen-bond donors (Lipinski definition) is 0. The standard InChI is InChI=1S/C10H11ClO3/c1-12-9-3-2-7(11)4-10(9)14-6-8-5-13-8/h2-4,8H,5-6H2,1H3. The lowest BCUT2D eigenvalue weighted by Crippen LogP contribution is -2.05. The van der Waals surface area contributed by atoms with Gasteiger partial charge in [0.15, 0.2) is 11.5 Å². The first-order valence-electron chi connectivity index (χ1n) is 4.37. The van der Waals surface area contributed by atoms with Crippen LogP contribution in [0.1, 0.15) is 0 Å². The minimum absolute atomic E-state index is 0.235. The molecule has 1 aromatic carbocycles. The number of halogens is 1. The highest BCUT2D eigenvalue weighted by Gasteiger charge is 2.23. The molecule has 2 rings (SSSR count). The highest BCUT2D eigenvalue weighted by Crippen LogP contribution is 2.30. The Kier molecular flexibility index (Phi) is 2.79. The van der Waals surface area contributed by atoms with Crippen LogP contribution in [0.5, 0.6) is 11.5 Å². The van der Waals surface area contributed by atoms with Gasteiger partial charge in [0, 0.05) is 11.1 Å². The largest absolute Gasteiger partial charge is 0.493 e. The Morgan fingerprint density at radius 1 is 1.50 bits per heavy atom. The first-order valence-corrected chi connectivity index (χ1v) is 4.75. The van der Waals surface area contributed by atoms with Crippen LogP contribution in [0.3, 0.4) is 0 Å². The van der Waals surface area contributed by atoms with Crippen molar-refractivity contribution in [2.75, 3.05) is 20.3 Å². The summed E-state index contributed by atoms with van der Waals surface area (Å²) in [4.78, 5) is 0. The average molecular weight is 215 g/mol. The third-order valence-corrected chi connectivity index (χ3v) is 2.19. The molecule has 0 radical (unpaired) electrons. The van der Waals surface area contributed by atoms with Crippen molar-refractivity contribution in [1.29, 1.82) is 0 Å². The van der Waals surface area contributed by atoms with Crippen molar-refractivity contribution < 1.29 is 14.2 Å². The summed E-state index contributed by atoms with van der Waals surface area (Å²) in [5.41, 5.74) is 0. The van der Waals surface area contributed by atoms with E-state index in [0.29, 0.717) is 23.1 Å². The second kappa shape index (κ2) is 4.07. The molecular weight excluding hydrogens is 204 g/mol. The zero-order chi connectivity index (χ0) is 9.97. The highest BCUT2D eigenvalue weighted by molar-refractivity contribution is 6.30. The van der Waals surface area contributed by atoms with E-state index in [0.717, 1.165) is 6.61 Å². The second-order valence-electron chi connectivity index (χ2n) is 3.06. The van der Waals surface area contributed by atoms with Gasteiger partial charge in [0.05, 0.1) is 13.7 Å². The SMILES string of the molecule is COc1ccc(Cl)cc1OCC1CO1. The second-order valence-corrected chi connectivity index (χ2v) is 3.50. The lowest BCUT2D eigenvalue weighted by molar-refractivity contribution is 0.252. The number of epoxide rings is 1. The zero-order valence-corrected chi connectivity index (χ0v) is 8.58. The van der Waals surface area contributed by atoms with Crippen LogP contribution in [0.2, 0.25) is 5.02 Å². The number of rotatable bonds is 4. The lowest BCUT2D eigenvalue weighted by Gasteiger charge is -2.09. The van der Waals surface area contributed by atoms with E-state index in [9.17, 15) is 0 Å². The van der Waals surface area contributed by atoms with Gasteiger partial charge in [-0.05, 0) is 12.1 Å². The molecule has 1 aliphatic heterocycles. The Morgan fingerprint density at radius 2 is 2.29 bits per heavy atom. The predicted molar refractivity (Wildman–Crippen MR) is 53.2 cm³/mol. The maximum atomic E-state index is 5.84. The summed E-state index contributed by atoms with van der Waals surface area (Å²) in [5.74, 6) is 1.35. The minimum atomic E-state index is 0.235. The van der Waals surface area contributed by atoms with Gasteiger partial charge >= 0.3 is 0 Å². The summed E-state index contributed by atoms with van der Waals surface area (Å²) in [5, 5.41) is 0.637. The number of methoxy groups -OCH3 is 1. The first-order chi connectivity index (χ1) is 6.79. The molecule has 14 heavy (non-hydrogen) atoms. The van der Waals surface area contributed by atoms with Gasteiger partial charge in [-0.1, -0.05) is 11.6 Å². The van der Waals surface area contributed by atoms with Crippen molar-refractivity contribution in [2.24, 2.45) is 0 Å². The van der Waals surface area contributed by atoms with Gasteiger partial charge in [-0.3, -0.25) is 0 Å². The minimum Gasteiger partial charge on any atom is -0.493 e. The van der Waals surface area contributed by atoms with Crippen molar-refractivity contribution in [3.8, 4) is 11.5 Å². The van der Waals surface area contributed by atoms with E-state index >= 15 is 0 Å². The molecule has 0 spiro atoms. The van der Waals surface area contributed by atoms with Crippen molar-refractivity contribution in [2.45, 2.75) is 6.10 Å². The molecule has 1 saturated heterocycles. The van der Waals surface area contributed by atoms with Crippen LogP contribution in [0, 0.1) is 0 Å². The van der Waals surface area contributed by atoms with Crippen LogP contribution in [-0.4, -0.2) is 26.4 Å². The van der Waals surface area contributed by atoms with Gasteiger partial charge in [0.25, 0.3) is 0 Å². The van der Waals surface area contributed by atoms with Crippen LogP contribution >= 0.6 is 11.6 Å². The molecule has 1 aliphatic rings. The van der Waals surface area contributed by atoms with Gasteiger partial charge in [0.1, 0.15) is 12.7 Å². The molecule has 0 N–H and O–H groups in total. The van der Waals surface area contributed by atoms with Gasteiger partial charge in [-0.2, -0.15) is 0 Å². The molecule has 1 unspecified atom stereocenters. The molecule has 1 heterocycles. The lowest BCUT2D eigenvalue weighted by atomic mass is 10.3. The van der Waals surface area contributed by atoms with E-state index in [1.54, 1.807) is 25.3 Å². The van der Waals surface area contributed by atoms with Crippen molar-refractivity contribution in [3.05, 3.63) is 23.2 Å². The van der Waals surface area contributed by atoms with Crippen LogP contribution in [-0.2, 0) is 4.74 Å². The predicted octanol–water partition coefficient (Wildman–Crippen LogP) is 2.13. The van der Waals surface area contributed by atoms with Crippen LogP contribution in [0.4, 0.5) is 0 Å². The Morgan fingerprint density at radius 3 is 2.93 bits per heavy atom. The van der Waals surface area contributed by atoms with E-state index < -0.39 is 0 Å². The fourth-order valence-corrected chi connectivity index (χ4v) is 1.27. The highest BCUT2D eigenvalue weighted by atomic mass is 35.5. The molecule has 1 aromatic rings. The van der Waals surface area contributed by atoms with Gasteiger partial charge in [-0.25, -0.2) is 0 Å². The van der Waals surface area contributed by atoms with E-state index in [4.69, 9.17) is 25.8 Å². The maximum absolute atomic E-state index is 5.84. The Balaban J connectivity index is 2.07. The van der Waals surface area contributed by atoms with Crippen molar-refractivity contribution in [1.82, 2.24) is 0 Å². The van der Waals surface area contributed by atoms with Gasteiger partial charge in [0.2, 0.25) is 0 Å². The molecule has 0 aliphatic carbocycles. The molecule has 1 atom stereocenters. The fraction of sp³-hybridized carbons (Fsp3) is 0.400. The third-order valence-electron chi connectivity index (χ3n) is 1.95. The van der Waals surface area contributed by atoms with Gasteiger partial charge < -0.3 is 14.2 Å².